The minimum atomic E-state index is -0.474. The summed E-state index contributed by atoms with van der Waals surface area (Å²) in [4.78, 5) is 4.48. The smallest absolute Gasteiger partial charge is 0.246 e. The Bertz CT molecular complexity index is 345. The molecule has 1 unspecified atom stereocenters. The molecule has 98 valence electrons. The average Bonchev–Trinajstić information content (AvgIpc) is 2.89. The van der Waals surface area contributed by atoms with Crippen molar-refractivity contribution in [3.8, 4) is 0 Å². The van der Waals surface area contributed by atoms with Crippen LogP contribution >= 0.6 is 12.4 Å². The van der Waals surface area contributed by atoms with Crippen LogP contribution in [0.15, 0.2) is 4.52 Å². The zero-order valence-corrected chi connectivity index (χ0v) is 11.4. The molecule has 2 rings (SSSR count). The van der Waals surface area contributed by atoms with Crippen molar-refractivity contribution in [2.75, 3.05) is 0 Å². The number of hydrogen-bond acceptors (Lipinski definition) is 4. The summed E-state index contributed by atoms with van der Waals surface area (Å²) in [6.07, 6.45) is 6.84. The first-order valence-electron chi connectivity index (χ1n) is 6.26. The Balaban J connectivity index is 0.00000144. The molecule has 0 radical (unpaired) electrons. The molecule has 0 aromatic carbocycles. The molecule has 17 heavy (non-hydrogen) atoms. The highest BCUT2D eigenvalue weighted by atomic mass is 35.5. The van der Waals surface area contributed by atoms with E-state index >= 15 is 0 Å². The van der Waals surface area contributed by atoms with Crippen molar-refractivity contribution in [3.63, 3.8) is 0 Å². The van der Waals surface area contributed by atoms with Gasteiger partial charge in [-0.1, -0.05) is 31.3 Å². The third-order valence-corrected chi connectivity index (χ3v) is 3.42. The molecule has 0 aliphatic heterocycles. The van der Waals surface area contributed by atoms with Gasteiger partial charge < -0.3 is 10.3 Å². The summed E-state index contributed by atoms with van der Waals surface area (Å²) >= 11 is 0. The Morgan fingerprint density at radius 2 is 2.06 bits per heavy atom. The fourth-order valence-electron chi connectivity index (χ4n) is 2.44. The van der Waals surface area contributed by atoms with Crippen LogP contribution in [-0.4, -0.2) is 10.1 Å². The van der Waals surface area contributed by atoms with Gasteiger partial charge in [0.15, 0.2) is 5.82 Å². The Labute approximate surface area is 109 Å². The van der Waals surface area contributed by atoms with E-state index in [1.54, 1.807) is 0 Å². The number of rotatable bonds is 4. The number of halogens is 1. The first-order chi connectivity index (χ1) is 7.63. The molecule has 5 heteroatoms. The van der Waals surface area contributed by atoms with Crippen molar-refractivity contribution in [2.45, 2.75) is 63.8 Å². The summed E-state index contributed by atoms with van der Waals surface area (Å²) in [5.74, 6) is 1.95. The lowest BCUT2D eigenvalue weighted by atomic mass is 9.97. The summed E-state index contributed by atoms with van der Waals surface area (Å²) in [7, 11) is 0. The molecule has 1 atom stereocenters. The second-order valence-corrected chi connectivity index (χ2v) is 5.11. The molecule has 2 N–H and O–H groups in total. The number of nitrogens with zero attached hydrogens (tertiary/aromatic N) is 2. The second kappa shape index (κ2) is 5.83. The second-order valence-electron chi connectivity index (χ2n) is 5.11. The lowest BCUT2D eigenvalue weighted by Gasteiger charge is -2.18. The van der Waals surface area contributed by atoms with Crippen molar-refractivity contribution < 1.29 is 4.52 Å². The van der Waals surface area contributed by atoms with Crippen molar-refractivity contribution in [3.05, 3.63) is 11.7 Å². The van der Waals surface area contributed by atoms with Crippen LogP contribution < -0.4 is 5.73 Å². The summed E-state index contributed by atoms with van der Waals surface area (Å²) in [5.41, 5.74) is 5.69. The van der Waals surface area contributed by atoms with Crippen molar-refractivity contribution in [2.24, 2.45) is 5.73 Å². The molecule has 0 saturated heterocycles. The van der Waals surface area contributed by atoms with Gasteiger partial charge in [0.05, 0.1) is 5.54 Å². The largest absolute Gasteiger partial charge is 0.337 e. The fraction of sp³-hybridized carbons (Fsp3) is 0.833. The van der Waals surface area contributed by atoms with E-state index in [0.29, 0.717) is 11.8 Å². The van der Waals surface area contributed by atoms with E-state index in [4.69, 9.17) is 10.3 Å². The third-order valence-electron chi connectivity index (χ3n) is 3.42. The van der Waals surface area contributed by atoms with E-state index in [2.05, 4.69) is 17.1 Å². The lowest BCUT2D eigenvalue weighted by Crippen LogP contribution is -2.33. The van der Waals surface area contributed by atoms with Crippen LogP contribution in [0.1, 0.15) is 70.0 Å². The zero-order valence-electron chi connectivity index (χ0n) is 10.6. The molecule has 0 bridgehead atoms. The quantitative estimate of drug-likeness (QED) is 0.902. The zero-order chi connectivity index (χ0) is 11.6. The van der Waals surface area contributed by atoms with E-state index in [0.717, 1.165) is 18.7 Å². The van der Waals surface area contributed by atoms with Gasteiger partial charge in [-0.05, 0) is 26.2 Å². The van der Waals surface area contributed by atoms with Crippen LogP contribution in [-0.2, 0) is 5.54 Å². The van der Waals surface area contributed by atoms with Crippen LogP contribution in [0.4, 0.5) is 0 Å². The lowest BCUT2D eigenvalue weighted by molar-refractivity contribution is 0.281. The highest BCUT2D eigenvalue weighted by Crippen LogP contribution is 2.33. The Morgan fingerprint density at radius 3 is 2.65 bits per heavy atom. The van der Waals surface area contributed by atoms with Crippen LogP contribution in [0, 0.1) is 0 Å². The predicted octanol–water partition coefficient (Wildman–Crippen LogP) is 3.12. The Kier molecular flexibility index (Phi) is 4.95. The number of aromatic nitrogens is 2. The maximum atomic E-state index is 6.16. The highest BCUT2D eigenvalue weighted by Gasteiger charge is 2.29. The van der Waals surface area contributed by atoms with Gasteiger partial charge in [0, 0.05) is 5.92 Å². The number of hydrogen-bond donors (Lipinski definition) is 1. The summed E-state index contributed by atoms with van der Waals surface area (Å²) in [6.45, 7) is 4.07. The normalized spacial score (nSPS) is 19.9. The summed E-state index contributed by atoms with van der Waals surface area (Å²) in [6, 6.07) is 0. The average molecular weight is 260 g/mol. The molecule has 0 amide bonds. The molecular weight excluding hydrogens is 238 g/mol. The molecule has 1 aromatic heterocycles. The minimum Gasteiger partial charge on any atom is -0.337 e. The monoisotopic (exact) mass is 259 g/mol. The van der Waals surface area contributed by atoms with E-state index in [9.17, 15) is 0 Å². The molecule has 1 fully saturated rings. The Morgan fingerprint density at radius 1 is 1.41 bits per heavy atom. The van der Waals surface area contributed by atoms with Gasteiger partial charge in [-0.2, -0.15) is 4.98 Å². The van der Waals surface area contributed by atoms with Crippen LogP contribution in [0.5, 0.6) is 0 Å². The van der Waals surface area contributed by atoms with Gasteiger partial charge in [0.2, 0.25) is 5.89 Å². The first kappa shape index (κ1) is 14.5. The van der Waals surface area contributed by atoms with Crippen LogP contribution in [0.3, 0.4) is 0 Å². The van der Waals surface area contributed by atoms with E-state index in [1.807, 2.05) is 6.92 Å². The molecule has 1 saturated carbocycles. The maximum Gasteiger partial charge on any atom is 0.246 e. The first-order valence-corrected chi connectivity index (χ1v) is 6.26. The molecule has 4 nitrogen and oxygen atoms in total. The Hall–Kier alpha value is -0.610. The summed E-state index contributed by atoms with van der Waals surface area (Å²) in [5, 5.41) is 4.08. The van der Waals surface area contributed by atoms with Gasteiger partial charge in [0.25, 0.3) is 0 Å². The molecule has 1 aliphatic rings. The van der Waals surface area contributed by atoms with Gasteiger partial charge in [0.1, 0.15) is 0 Å². The predicted molar refractivity (Wildman–Crippen MR) is 69.2 cm³/mol. The van der Waals surface area contributed by atoms with Crippen molar-refractivity contribution in [1.29, 1.82) is 0 Å². The van der Waals surface area contributed by atoms with Crippen LogP contribution in [0.25, 0.3) is 0 Å². The SMILES string of the molecule is CCCC(C)(N)c1nc(C2CCCC2)no1.Cl. The summed E-state index contributed by atoms with van der Waals surface area (Å²) < 4.78 is 5.31. The van der Waals surface area contributed by atoms with Gasteiger partial charge in [-0.15, -0.1) is 12.4 Å². The number of nitrogens with two attached hydrogens (primary N) is 1. The standard InChI is InChI=1S/C12H21N3O.ClH/c1-3-8-12(2,13)11-14-10(15-16-11)9-6-4-5-7-9;/h9H,3-8,13H2,1-2H3;1H. The third kappa shape index (κ3) is 3.19. The van der Waals surface area contributed by atoms with E-state index < -0.39 is 5.54 Å². The van der Waals surface area contributed by atoms with Gasteiger partial charge >= 0.3 is 0 Å². The van der Waals surface area contributed by atoms with Gasteiger partial charge in [-0.25, -0.2) is 0 Å². The topological polar surface area (TPSA) is 64.9 Å². The fourth-order valence-corrected chi connectivity index (χ4v) is 2.44. The van der Waals surface area contributed by atoms with E-state index in [-0.39, 0.29) is 12.4 Å². The molecular formula is C12H22ClN3O. The van der Waals surface area contributed by atoms with Gasteiger partial charge in [-0.3, -0.25) is 0 Å². The molecule has 1 aliphatic carbocycles. The molecule has 1 aromatic rings. The van der Waals surface area contributed by atoms with Crippen molar-refractivity contribution >= 4 is 12.4 Å². The highest BCUT2D eigenvalue weighted by molar-refractivity contribution is 5.85. The minimum absolute atomic E-state index is 0. The van der Waals surface area contributed by atoms with E-state index in [1.165, 1.54) is 25.7 Å². The molecule has 0 spiro atoms. The van der Waals surface area contributed by atoms with Crippen molar-refractivity contribution in [1.82, 2.24) is 10.1 Å². The molecule has 1 heterocycles. The maximum absolute atomic E-state index is 6.16. The van der Waals surface area contributed by atoms with Crippen LogP contribution in [0.2, 0.25) is 0 Å².